The maximum absolute atomic E-state index is 13.0. The molecule has 3 N–H and O–H groups in total. The van der Waals surface area contributed by atoms with E-state index >= 15 is 0 Å². The van der Waals surface area contributed by atoms with Crippen LogP contribution in [0.3, 0.4) is 0 Å². The second-order valence-electron chi connectivity index (χ2n) is 3.33. The standard InChI is InChI=1S/C11H7ClFNO2S/c12-6-3-5(1-2-7(6)13)9-4-8(14)10(17-9)11(15)16/h1-4H,14H2,(H,15,16). The highest BCUT2D eigenvalue weighted by Crippen LogP contribution is 2.34. The molecule has 1 aromatic carbocycles. The molecule has 0 aliphatic rings. The van der Waals surface area contributed by atoms with Crippen molar-refractivity contribution < 1.29 is 14.3 Å². The zero-order valence-electron chi connectivity index (χ0n) is 8.41. The first-order valence-electron chi connectivity index (χ1n) is 4.57. The van der Waals surface area contributed by atoms with Gasteiger partial charge in [0.25, 0.3) is 0 Å². The first-order chi connectivity index (χ1) is 7.99. The smallest absolute Gasteiger partial charge is 0.348 e. The van der Waals surface area contributed by atoms with Gasteiger partial charge in [0.05, 0.1) is 10.7 Å². The molecule has 0 radical (unpaired) electrons. The molecule has 2 aromatic rings. The summed E-state index contributed by atoms with van der Waals surface area (Å²) in [6.45, 7) is 0. The van der Waals surface area contributed by atoms with Crippen LogP contribution in [0.1, 0.15) is 9.67 Å². The Hall–Kier alpha value is -1.59. The van der Waals surface area contributed by atoms with Crippen LogP contribution in [0.25, 0.3) is 10.4 Å². The number of rotatable bonds is 2. The van der Waals surface area contributed by atoms with E-state index in [1.807, 2.05) is 0 Å². The van der Waals surface area contributed by atoms with Crippen LogP contribution in [-0.4, -0.2) is 11.1 Å². The monoisotopic (exact) mass is 271 g/mol. The van der Waals surface area contributed by atoms with Crippen LogP contribution in [0.5, 0.6) is 0 Å². The number of hydrogen-bond acceptors (Lipinski definition) is 3. The van der Waals surface area contributed by atoms with Gasteiger partial charge < -0.3 is 10.8 Å². The van der Waals surface area contributed by atoms with Crippen molar-refractivity contribution in [3.8, 4) is 10.4 Å². The normalized spacial score (nSPS) is 10.5. The summed E-state index contributed by atoms with van der Waals surface area (Å²) in [5.74, 6) is -1.59. The summed E-state index contributed by atoms with van der Waals surface area (Å²) in [7, 11) is 0. The van der Waals surface area contributed by atoms with Crippen molar-refractivity contribution in [3.05, 3.63) is 40.0 Å². The summed E-state index contributed by atoms with van der Waals surface area (Å²) >= 11 is 6.68. The second-order valence-corrected chi connectivity index (χ2v) is 4.79. The van der Waals surface area contributed by atoms with Crippen molar-refractivity contribution in [3.63, 3.8) is 0 Å². The number of carbonyl (C=O) groups is 1. The lowest BCUT2D eigenvalue weighted by Gasteiger charge is -1.98. The Labute approximate surface area is 105 Å². The molecule has 6 heteroatoms. The molecule has 0 amide bonds. The number of hydrogen-bond donors (Lipinski definition) is 2. The summed E-state index contributed by atoms with van der Waals surface area (Å²) in [6, 6.07) is 5.73. The summed E-state index contributed by atoms with van der Waals surface area (Å²) in [4.78, 5) is 11.5. The molecular weight excluding hydrogens is 265 g/mol. The van der Waals surface area contributed by atoms with Crippen molar-refractivity contribution in [2.75, 3.05) is 5.73 Å². The second kappa shape index (κ2) is 4.35. The molecule has 0 bridgehead atoms. The van der Waals surface area contributed by atoms with Crippen molar-refractivity contribution in [1.82, 2.24) is 0 Å². The maximum atomic E-state index is 13.0. The van der Waals surface area contributed by atoms with Gasteiger partial charge >= 0.3 is 5.97 Å². The Kier molecular flexibility index (Phi) is 3.04. The van der Waals surface area contributed by atoms with Gasteiger partial charge in [-0.3, -0.25) is 0 Å². The lowest BCUT2D eigenvalue weighted by Crippen LogP contribution is -1.96. The van der Waals surface area contributed by atoms with E-state index in [1.54, 1.807) is 0 Å². The average Bonchev–Trinajstić information content (AvgIpc) is 2.64. The minimum absolute atomic E-state index is 0.00801. The molecule has 17 heavy (non-hydrogen) atoms. The summed E-state index contributed by atoms with van der Waals surface area (Å²) in [5.41, 5.74) is 6.40. The van der Waals surface area contributed by atoms with Gasteiger partial charge in [-0.2, -0.15) is 0 Å². The van der Waals surface area contributed by atoms with Crippen molar-refractivity contribution >= 4 is 34.6 Å². The van der Waals surface area contributed by atoms with Crippen LogP contribution < -0.4 is 5.73 Å². The fraction of sp³-hybridized carbons (Fsp3) is 0. The van der Waals surface area contributed by atoms with Gasteiger partial charge in [-0.25, -0.2) is 9.18 Å². The van der Waals surface area contributed by atoms with Crippen LogP contribution in [0.2, 0.25) is 5.02 Å². The molecule has 2 rings (SSSR count). The van der Waals surface area contributed by atoms with Gasteiger partial charge in [-0.1, -0.05) is 17.7 Å². The molecule has 1 aromatic heterocycles. The molecule has 0 spiro atoms. The number of nitrogen functional groups attached to an aromatic ring is 1. The Morgan fingerprint density at radius 2 is 2.12 bits per heavy atom. The highest BCUT2D eigenvalue weighted by atomic mass is 35.5. The fourth-order valence-electron chi connectivity index (χ4n) is 1.36. The zero-order valence-corrected chi connectivity index (χ0v) is 9.98. The van der Waals surface area contributed by atoms with E-state index in [0.29, 0.717) is 10.4 Å². The summed E-state index contributed by atoms with van der Waals surface area (Å²) in [5, 5.41) is 8.86. The molecule has 3 nitrogen and oxygen atoms in total. The average molecular weight is 272 g/mol. The molecule has 1 heterocycles. The van der Waals surface area contributed by atoms with E-state index in [9.17, 15) is 9.18 Å². The van der Waals surface area contributed by atoms with E-state index in [2.05, 4.69) is 0 Å². The number of aromatic carboxylic acids is 1. The molecule has 88 valence electrons. The van der Waals surface area contributed by atoms with E-state index in [4.69, 9.17) is 22.4 Å². The Balaban J connectivity index is 2.50. The summed E-state index contributed by atoms with van der Waals surface area (Å²) in [6.07, 6.45) is 0. The Morgan fingerprint density at radius 3 is 2.65 bits per heavy atom. The number of carboxylic acids is 1. The van der Waals surface area contributed by atoms with E-state index in [-0.39, 0.29) is 15.6 Å². The fourth-order valence-corrected chi connectivity index (χ4v) is 2.46. The van der Waals surface area contributed by atoms with Gasteiger partial charge in [-0.05, 0) is 23.8 Å². The van der Waals surface area contributed by atoms with Crippen LogP contribution in [0.4, 0.5) is 10.1 Å². The van der Waals surface area contributed by atoms with Crippen molar-refractivity contribution in [2.45, 2.75) is 0 Å². The van der Waals surface area contributed by atoms with Crippen LogP contribution in [0, 0.1) is 5.82 Å². The molecule has 0 saturated carbocycles. The number of anilines is 1. The first-order valence-corrected chi connectivity index (χ1v) is 5.76. The topological polar surface area (TPSA) is 63.3 Å². The Bertz CT molecular complexity index is 597. The summed E-state index contributed by atoms with van der Waals surface area (Å²) < 4.78 is 13.0. The third-order valence-electron chi connectivity index (χ3n) is 2.16. The quantitative estimate of drug-likeness (QED) is 0.879. The Morgan fingerprint density at radius 1 is 1.41 bits per heavy atom. The van der Waals surface area contributed by atoms with E-state index in [1.165, 1.54) is 24.3 Å². The number of carboxylic acid groups (broad SMARTS) is 1. The van der Waals surface area contributed by atoms with Gasteiger partial charge in [0.2, 0.25) is 0 Å². The molecule has 0 fully saturated rings. The molecular formula is C11H7ClFNO2S. The lowest BCUT2D eigenvalue weighted by atomic mass is 10.2. The minimum Gasteiger partial charge on any atom is -0.477 e. The number of nitrogens with two attached hydrogens (primary N) is 1. The van der Waals surface area contributed by atoms with Crippen molar-refractivity contribution in [1.29, 1.82) is 0 Å². The van der Waals surface area contributed by atoms with Gasteiger partial charge in [0.15, 0.2) is 0 Å². The number of benzene rings is 1. The predicted molar refractivity (Wildman–Crippen MR) is 66.1 cm³/mol. The molecule has 0 aliphatic heterocycles. The number of thiophene rings is 1. The molecule has 0 atom stereocenters. The van der Waals surface area contributed by atoms with E-state index in [0.717, 1.165) is 11.3 Å². The SMILES string of the molecule is Nc1cc(-c2ccc(F)c(Cl)c2)sc1C(=O)O. The largest absolute Gasteiger partial charge is 0.477 e. The van der Waals surface area contributed by atoms with Crippen LogP contribution >= 0.6 is 22.9 Å². The molecule has 0 saturated heterocycles. The third kappa shape index (κ3) is 2.25. The van der Waals surface area contributed by atoms with Crippen molar-refractivity contribution in [2.24, 2.45) is 0 Å². The highest BCUT2D eigenvalue weighted by molar-refractivity contribution is 7.17. The molecule has 0 unspecified atom stereocenters. The first kappa shape index (κ1) is 11.9. The van der Waals surface area contributed by atoms with E-state index < -0.39 is 11.8 Å². The highest BCUT2D eigenvalue weighted by Gasteiger charge is 2.14. The third-order valence-corrected chi connectivity index (χ3v) is 3.64. The number of halogens is 2. The lowest BCUT2D eigenvalue weighted by molar-refractivity contribution is 0.0703. The molecule has 0 aliphatic carbocycles. The van der Waals surface area contributed by atoms with Crippen LogP contribution in [0.15, 0.2) is 24.3 Å². The van der Waals surface area contributed by atoms with Gasteiger partial charge in [-0.15, -0.1) is 11.3 Å². The minimum atomic E-state index is -1.08. The van der Waals surface area contributed by atoms with Gasteiger partial charge in [0, 0.05) is 4.88 Å². The maximum Gasteiger partial charge on any atom is 0.348 e. The predicted octanol–water partition coefficient (Wildman–Crippen LogP) is 3.49. The zero-order chi connectivity index (χ0) is 12.6. The van der Waals surface area contributed by atoms with Crippen LogP contribution in [-0.2, 0) is 0 Å². The van der Waals surface area contributed by atoms with Gasteiger partial charge in [0.1, 0.15) is 10.7 Å².